The third-order valence-electron chi connectivity index (χ3n) is 6.72. The average Bonchev–Trinajstić information content (AvgIpc) is 3.31. The monoisotopic (exact) mass is 552 g/mol. The maximum absolute atomic E-state index is 5.02. The van der Waals surface area contributed by atoms with Crippen molar-refractivity contribution in [2.24, 2.45) is 0 Å². The van der Waals surface area contributed by atoms with Crippen molar-refractivity contribution in [1.29, 1.82) is 0 Å². The second-order valence-corrected chi connectivity index (χ2v) is 10.0. The van der Waals surface area contributed by atoms with Crippen molar-refractivity contribution < 1.29 is 0 Å². The summed E-state index contributed by atoms with van der Waals surface area (Å²) in [6.07, 6.45) is 1.85. The molecule has 3 heterocycles. The zero-order valence-corrected chi connectivity index (χ0v) is 21.9. The predicted octanol–water partition coefficient (Wildman–Crippen LogP) is 8.73. The molecule has 0 aliphatic carbocycles. The van der Waals surface area contributed by atoms with E-state index in [0.717, 1.165) is 60.2 Å². The van der Waals surface area contributed by atoms with E-state index in [1.54, 1.807) is 0 Å². The molecule has 0 saturated carbocycles. The first-order valence-electron chi connectivity index (χ1n) is 12.4. The van der Waals surface area contributed by atoms with Crippen LogP contribution in [0.3, 0.4) is 0 Å². The van der Waals surface area contributed by atoms with Crippen LogP contribution in [0.1, 0.15) is 0 Å². The number of fused-ring (bicyclic) bond motifs is 3. The highest BCUT2D eigenvalue weighted by atomic mass is 79.9. The molecule has 4 aromatic carbocycles. The van der Waals surface area contributed by atoms with Gasteiger partial charge in [0, 0.05) is 43.8 Å². The molecule has 0 fully saturated rings. The van der Waals surface area contributed by atoms with Crippen LogP contribution in [0.4, 0.5) is 0 Å². The lowest BCUT2D eigenvalue weighted by atomic mass is 10.1. The maximum Gasteiger partial charge on any atom is 0.160 e. The summed E-state index contributed by atoms with van der Waals surface area (Å²) in [5.74, 6) is 0.704. The lowest BCUT2D eigenvalue weighted by Gasteiger charge is -2.12. The molecule has 3 aromatic heterocycles. The zero-order valence-electron chi connectivity index (χ0n) is 20.3. The van der Waals surface area contributed by atoms with E-state index in [9.17, 15) is 0 Å². The number of benzene rings is 4. The lowest BCUT2D eigenvalue weighted by molar-refractivity contribution is 1.13. The molecule has 0 aliphatic rings. The third kappa shape index (κ3) is 3.98. The molecule has 4 nitrogen and oxygen atoms in total. The maximum atomic E-state index is 5.02. The highest BCUT2D eigenvalue weighted by Crippen LogP contribution is 2.34. The fourth-order valence-electron chi connectivity index (χ4n) is 4.95. The van der Waals surface area contributed by atoms with Gasteiger partial charge in [-0.25, -0.2) is 15.0 Å². The molecule has 0 radical (unpaired) electrons. The topological polar surface area (TPSA) is 43.6 Å². The predicted molar refractivity (Wildman–Crippen MR) is 158 cm³/mol. The van der Waals surface area contributed by atoms with Crippen LogP contribution in [0.5, 0.6) is 0 Å². The van der Waals surface area contributed by atoms with E-state index in [1.165, 1.54) is 0 Å². The van der Waals surface area contributed by atoms with E-state index in [-0.39, 0.29) is 0 Å². The number of pyridine rings is 1. The van der Waals surface area contributed by atoms with Gasteiger partial charge in [-0.15, -0.1) is 0 Å². The Hall–Kier alpha value is -4.61. The van der Waals surface area contributed by atoms with Gasteiger partial charge >= 0.3 is 0 Å². The van der Waals surface area contributed by atoms with E-state index in [1.807, 2.05) is 60.8 Å². The van der Waals surface area contributed by atoms with E-state index in [4.69, 9.17) is 15.0 Å². The molecule has 7 rings (SSSR count). The first-order valence-corrected chi connectivity index (χ1v) is 13.2. The highest BCUT2D eigenvalue weighted by Gasteiger charge is 2.15. The van der Waals surface area contributed by atoms with Crippen molar-refractivity contribution in [3.63, 3.8) is 0 Å². The number of halogens is 1. The molecule has 7 aromatic rings. The normalized spacial score (nSPS) is 11.3. The van der Waals surface area contributed by atoms with Crippen LogP contribution >= 0.6 is 15.9 Å². The summed E-state index contributed by atoms with van der Waals surface area (Å²) in [6, 6.07) is 41.4. The SMILES string of the molecule is Brc1ccc2c(c1)c1cccnc1n2-c1cccc(-c2cc(-c3ccccc3)nc(-c3ccccc3)n2)c1. The van der Waals surface area contributed by atoms with Crippen molar-refractivity contribution in [3.05, 3.63) is 132 Å². The van der Waals surface area contributed by atoms with Crippen molar-refractivity contribution in [2.75, 3.05) is 0 Å². The van der Waals surface area contributed by atoms with Gasteiger partial charge in [0.25, 0.3) is 0 Å². The molecule has 38 heavy (non-hydrogen) atoms. The molecule has 180 valence electrons. The number of hydrogen-bond acceptors (Lipinski definition) is 3. The molecular weight excluding hydrogens is 532 g/mol. The largest absolute Gasteiger partial charge is 0.294 e. The molecule has 0 aliphatic heterocycles. The number of aromatic nitrogens is 4. The molecule has 0 atom stereocenters. The minimum absolute atomic E-state index is 0.704. The van der Waals surface area contributed by atoms with Crippen LogP contribution in [0.15, 0.2) is 132 Å². The zero-order chi connectivity index (χ0) is 25.5. The number of hydrogen-bond donors (Lipinski definition) is 0. The Kier molecular flexibility index (Phi) is 5.56. The van der Waals surface area contributed by atoms with Crippen molar-refractivity contribution in [1.82, 2.24) is 19.5 Å². The quantitative estimate of drug-likeness (QED) is 0.219. The Labute approximate surface area is 228 Å². The van der Waals surface area contributed by atoms with Crippen LogP contribution < -0.4 is 0 Å². The van der Waals surface area contributed by atoms with Gasteiger partial charge in [-0.3, -0.25) is 4.57 Å². The standard InChI is InChI=1S/C33H21BrN4/c34-25-16-17-31-28(20-25)27-15-8-18-35-33(27)38(31)26-14-7-13-24(19-26)30-21-29(22-9-3-1-4-10-22)36-32(37-30)23-11-5-2-6-12-23/h1-21H. The summed E-state index contributed by atoms with van der Waals surface area (Å²) in [5, 5.41) is 2.28. The molecule has 0 unspecified atom stereocenters. The van der Waals surface area contributed by atoms with Gasteiger partial charge in [0.1, 0.15) is 5.65 Å². The Morgan fingerprint density at radius 2 is 1.26 bits per heavy atom. The van der Waals surface area contributed by atoms with Gasteiger partial charge in [-0.2, -0.15) is 0 Å². The summed E-state index contributed by atoms with van der Waals surface area (Å²) in [4.78, 5) is 14.7. The van der Waals surface area contributed by atoms with E-state index in [2.05, 4.69) is 87.2 Å². The molecule has 5 heteroatoms. The first kappa shape index (κ1) is 22.6. The van der Waals surface area contributed by atoms with Crippen molar-refractivity contribution >= 4 is 37.9 Å². The molecule has 0 N–H and O–H groups in total. The lowest BCUT2D eigenvalue weighted by Crippen LogP contribution is -1.98. The van der Waals surface area contributed by atoms with E-state index in [0.29, 0.717) is 5.82 Å². The number of nitrogens with zero attached hydrogens (tertiary/aromatic N) is 4. The molecule has 0 spiro atoms. The molecule has 0 bridgehead atoms. The van der Waals surface area contributed by atoms with E-state index < -0.39 is 0 Å². The van der Waals surface area contributed by atoms with Crippen LogP contribution in [-0.4, -0.2) is 19.5 Å². The second kappa shape index (κ2) is 9.36. The molecular formula is C33H21BrN4. The van der Waals surface area contributed by atoms with Gasteiger partial charge in [0.15, 0.2) is 5.82 Å². The van der Waals surface area contributed by atoms with Gasteiger partial charge in [-0.05, 0) is 48.5 Å². The highest BCUT2D eigenvalue weighted by molar-refractivity contribution is 9.10. The summed E-state index contributed by atoms with van der Waals surface area (Å²) in [7, 11) is 0. The fourth-order valence-corrected chi connectivity index (χ4v) is 5.31. The van der Waals surface area contributed by atoms with Gasteiger partial charge in [-0.1, -0.05) is 88.7 Å². The van der Waals surface area contributed by atoms with Crippen LogP contribution in [0, 0.1) is 0 Å². The minimum Gasteiger partial charge on any atom is -0.294 e. The van der Waals surface area contributed by atoms with Gasteiger partial charge in [0.05, 0.1) is 16.9 Å². The molecule has 0 saturated heterocycles. The summed E-state index contributed by atoms with van der Waals surface area (Å²) in [5.41, 5.74) is 7.89. The van der Waals surface area contributed by atoms with Gasteiger partial charge in [0.2, 0.25) is 0 Å². The Balaban J connectivity index is 1.44. The van der Waals surface area contributed by atoms with Crippen LogP contribution in [0.2, 0.25) is 0 Å². The Bertz CT molecular complexity index is 1870. The Morgan fingerprint density at radius 1 is 0.553 bits per heavy atom. The summed E-state index contributed by atoms with van der Waals surface area (Å²) in [6.45, 7) is 0. The van der Waals surface area contributed by atoms with E-state index >= 15 is 0 Å². The van der Waals surface area contributed by atoms with Crippen LogP contribution in [-0.2, 0) is 0 Å². The smallest absolute Gasteiger partial charge is 0.160 e. The van der Waals surface area contributed by atoms with Crippen molar-refractivity contribution in [2.45, 2.75) is 0 Å². The minimum atomic E-state index is 0.704. The van der Waals surface area contributed by atoms with Gasteiger partial charge < -0.3 is 0 Å². The average molecular weight is 553 g/mol. The first-order chi connectivity index (χ1) is 18.7. The Morgan fingerprint density at radius 3 is 2.05 bits per heavy atom. The second-order valence-electron chi connectivity index (χ2n) is 9.12. The third-order valence-corrected chi connectivity index (χ3v) is 7.21. The van der Waals surface area contributed by atoms with Crippen LogP contribution in [0.25, 0.3) is 61.5 Å². The summed E-state index contributed by atoms with van der Waals surface area (Å²) >= 11 is 3.63. The fraction of sp³-hybridized carbons (Fsp3) is 0. The summed E-state index contributed by atoms with van der Waals surface area (Å²) < 4.78 is 3.27. The number of rotatable bonds is 4. The molecule has 0 amide bonds. The van der Waals surface area contributed by atoms with Crippen molar-refractivity contribution in [3.8, 4) is 39.6 Å².